The smallest absolute Gasteiger partial charge is 0.258 e. The third kappa shape index (κ3) is 6.63. The molecule has 0 bridgehead atoms. The van der Waals surface area contributed by atoms with Crippen molar-refractivity contribution in [3.63, 3.8) is 0 Å². The van der Waals surface area contributed by atoms with Crippen molar-refractivity contribution in [2.45, 2.75) is 31.2 Å². The van der Waals surface area contributed by atoms with Crippen molar-refractivity contribution in [3.05, 3.63) is 95.3 Å². The van der Waals surface area contributed by atoms with Gasteiger partial charge in [0.25, 0.3) is 5.91 Å². The molecule has 202 valence electrons. The number of aromatic hydroxyl groups is 1. The second-order valence-corrected chi connectivity index (χ2v) is 10.8. The third-order valence-electron chi connectivity index (χ3n) is 5.81. The van der Waals surface area contributed by atoms with Crippen LogP contribution in [0, 0.1) is 6.92 Å². The Morgan fingerprint density at radius 1 is 1.03 bits per heavy atom. The average molecular weight is 568 g/mol. The lowest BCUT2D eigenvalue weighted by molar-refractivity contribution is -0.117. The van der Waals surface area contributed by atoms with Crippen LogP contribution in [0.2, 0.25) is 5.02 Å². The van der Waals surface area contributed by atoms with Gasteiger partial charge in [0.05, 0.1) is 38.7 Å². The van der Waals surface area contributed by atoms with Crippen LogP contribution in [-0.4, -0.2) is 41.2 Å². The average Bonchev–Trinajstić information content (AvgIpc) is 3.41. The molecule has 0 radical (unpaired) electrons. The van der Waals surface area contributed by atoms with Crippen molar-refractivity contribution < 1.29 is 23.1 Å². The van der Waals surface area contributed by atoms with E-state index in [0.29, 0.717) is 0 Å². The first kappa shape index (κ1) is 27.8. The number of phenolic OH excluding ortho intramolecular Hbond substituents is 1. The monoisotopic (exact) mass is 567 g/mol. The number of hydrogen-bond donors (Lipinski definition) is 4. The van der Waals surface area contributed by atoms with Crippen molar-refractivity contribution in [1.82, 2.24) is 14.5 Å². The van der Waals surface area contributed by atoms with E-state index in [4.69, 9.17) is 11.6 Å². The van der Waals surface area contributed by atoms with Gasteiger partial charge in [0, 0.05) is 12.3 Å². The van der Waals surface area contributed by atoms with Crippen molar-refractivity contribution in [3.8, 4) is 11.4 Å². The fraction of sp³-hybridized carbons (Fsp3) is 0.148. The number of aromatic nitrogens is 2. The summed E-state index contributed by atoms with van der Waals surface area (Å²) < 4.78 is 29.4. The van der Waals surface area contributed by atoms with Crippen molar-refractivity contribution in [1.29, 1.82) is 0 Å². The summed E-state index contributed by atoms with van der Waals surface area (Å²) in [4.78, 5) is 25.6. The Bertz CT molecular complexity index is 1610. The van der Waals surface area contributed by atoms with Crippen molar-refractivity contribution in [2.24, 2.45) is 0 Å². The van der Waals surface area contributed by atoms with E-state index in [0.717, 1.165) is 11.3 Å². The van der Waals surface area contributed by atoms with Crippen LogP contribution in [0.1, 0.15) is 29.3 Å². The Hall–Kier alpha value is -4.19. The highest BCUT2D eigenvalue weighted by Crippen LogP contribution is 2.34. The summed E-state index contributed by atoms with van der Waals surface area (Å²) in [6.07, 6.45) is 3.09. The summed E-state index contributed by atoms with van der Waals surface area (Å²) in [6.45, 7) is 3.49. The maximum atomic E-state index is 12.9. The minimum Gasteiger partial charge on any atom is -0.506 e. The first-order valence-electron chi connectivity index (χ1n) is 11.9. The number of nitrogens with zero attached hydrogens (tertiary/aromatic N) is 2. The zero-order chi connectivity index (χ0) is 28.2. The molecule has 2 amide bonds. The molecule has 12 heteroatoms. The lowest BCUT2D eigenvalue weighted by Gasteiger charge is -2.18. The number of halogens is 1. The second-order valence-electron chi connectivity index (χ2n) is 8.70. The molecular formula is C27H26ClN5O5S. The molecule has 0 aliphatic carbocycles. The van der Waals surface area contributed by atoms with Gasteiger partial charge in [0.2, 0.25) is 15.9 Å². The molecule has 10 nitrogen and oxygen atoms in total. The number of rotatable bonds is 9. The number of carbonyl (C=O) groups excluding carboxylic acids is 2. The molecule has 0 saturated heterocycles. The van der Waals surface area contributed by atoms with Gasteiger partial charge in [-0.15, -0.1) is 0 Å². The number of aryl methyl sites for hydroxylation is 1. The van der Waals surface area contributed by atoms with E-state index in [1.165, 1.54) is 35.1 Å². The maximum absolute atomic E-state index is 12.9. The summed E-state index contributed by atoms with van der Waals surface area (Å²) in [6, 6.07) is 16.8. The van der Waals surface area contributed by atoms with Gasteiger partial charge >= 0.3 is 0 Å². The van der Waals surface area contributed by atoms with Crippen molar-refractivity contribution >= 4 is 44.8 Å². The van der Waals surface area contributed by atoms with E-state index >= 15 is 0 Å². The number of phenols is 1. The van der Waals surface area contributed by atoms with Crippen LogP contribution in [0.15, 0.2) is 84.0 Å². The molecule has 0 spiro atoms. The lowest BCUT2D eigenvalue weighted by atomic mass is 10.2. The quantitative estimate of drug-likeness (QED) is 0.220. The summed E-state index contributed by atoms with van der Waals surface area (Å²) in [5.41, 5.74) is 1.98. The van der Waals surface area contributed by atoms with Gasteiger partial charge in [0.1, 0.15) is 11.8 Å². The minimum atomic E-state index is -3.95. The summed E-state index contributed by atoms with van der Waals surface area (Å²) >= 11 is 6.32. The minimum absolute atomic E-state index is 0.0163. The number of hydrogen-bond acceptors (Lipinski definition) is 6. The standard InChI is InChI=1S/C27H26ClN5O5S/c1-3-22(32-39(37,38)20-11-9-17(2)10-12-20)27(36)30-23-14-25(34)24(13-21(23)28)31-26(35)18-15-29-33(16-18)19-7-5-4-6-8-19/h4-16,22,32,34H,3H2,1-2H3,(H,30,36)(H,31,35). The molecule has 1 unspecified atom stereocenters. The molecule has 0 saturated carbocycles. The number of carbonyl (C=O) groups is 2. The van der Waals surface area contributed by atoms with Crippen molar-refractivity contribution in [2.75, 3.05) is 10.6 Å². The highest BCUT2D eigenvalue weighted by atomic mass is 35.5. The van der Waals surface area contributed by atoms with E-state index in [1.807, 2.05) is 37.3 Å². The Balaban J connectivity index is 1.45. The van der Waals surface area contributed by atoms with Gasteiger partial charge in [-0.3, -0.25) is 9.59 Å². The van der Waals surface area contributed by atoms with Crippen LogP contribution in [0.5, 0.6) is 5.75 Å². The molecule has 1 heterocycles. The summed E-state index contributed by atoms with van der Waals surface area (Å²) in [5, 5.41) is 19.8. The van der Waals surface area contributed by atoms with Gasteiger partial charge in [-0.05, 0) is 43.7 Å². The molecule has 0 aliphatic rings. The number of anilines is 2. The van der Waals surface area contributed by atoms with E-state index in [9.17, 15) is 23.1 Å². The molecule has 3 aromatic carbocycles. The van der Waals surface area contributed by atoms with E-state index in [-0.39, 0.29) is 39.0 Å². The SMILES string of the molecule is CCC(NS(=O)(=O)c1ccc(C)cc1)C(=O)Nc1cc(O)c(NC(=O)c2cnn(-c3ccccc3)c2)cc1Cl. The zero-order valence-electron chi connectivity index (χ0n) is 21.1. The van der Waals surface area contributed by atoms with Gasteiger partial charge in [-0.2, -0.15) is 9.82 Å². The first-order valence-corrected chi connectivity index (χ1v) is 13.8. The van der Waals surface area contributed by atoms with Crippen LogP contribution < -0.4 is 15.4 Å². The highest BCUT2D eigenvalue weighted by Gasteiger charge is 2.25. The number of nitrogens with one attached hydrogen (secondary N) is 3. The zero-order valence-corrected chi connectivity index (χ0v) is 22.6. The molecule has 4 aromatic rings. The number of para-hydroxylation sites is 1. The molecular weight excluding hydrogens is 542 g/mol. The van der Waals surface area contributed by atoms with Crippen LogP contribution in [-0.2, 0) is 14.8 Å². The fourth-order valence-electron chi connectivity index (χ4n) is 3.63. The number of benzene rings is 3. The van der Waals surface area contributed by atoms with Gasteiger partial charge in [-0.1, -0.05) is 54.4 Å². The summed E-state index contributed by atoms with van der Waals surface area (Å²) in [5.74, 6) is -1.55. The van der Waals surface area contributed by atoms with Crippen LogP contribution in [0.4, 0.5) is 11.4 Å². The fourth-order valence-corrected chi connectivity index (χ4v) is 5.12. The number of sulfonamides is 1. The Kier molecular flexibility index (Phi) is 8.34. The van der Waals surface area contributed by atoms with Gasteiger partial charge in [-0.25, -0.2) is 13.1 Å². The largest absolute Gasteiger partial charge is 0.506 e. The molecule has 0 fully saturated rings. The lowest BCUT2D eigenvalue weighted by Crippen LogP contribution is -2.43. The predicted molar refractivity (Wildman–Crippen MR) is 149 cm³/mol. The molecule has 4 rings (SSSR count). The van der Waals surface area contributed by atoms with E-state index in [1.54, 1.807) is 25.3 Å². The van der Waals surface area contributed by atoms with Crippen LogP contribution >= 0.6 is 11.6 Å². The molecule has 4 N–H and O–H groups in total. The number of amides is 2. The Labute approximate surface area is 230 Å². The maximum Gasteiger partial charge on any atom is 0.258 e. The topological polar surface area (TPSA) is 142 Å². The third-order valence-corrected chi connectivity index (χ3v) is 7.61. The second kappa shape index (κ2) is 11.7. The molecule has 39 heavy (non-hydrogen) atoms. The van der Waals surface area contributed by atoms with E-state index < -0.39 is 27.9 Å². The van der Waals surface area contributed by atoms with Crippen LogP contribution in [0.3, 0.4) is 0 Å². The van der Waals surface area contributed by atoms with Crippen LogP contribution in [0.25, 0.3) is 5.69 Å². The predicted octanol–water partition coefficient (Wildman–Crippen LogP) is 4.49. The molecule has 0 aliphatic heterocycles. The Morgan fingerprint density at radius 3 is 2.38 bits per heavy atom. The highest BCUT2D eigenvalue weighted by molar-refractivity contribution is 7.89. The van der Waals surface area contributed by atoms with Gasteiger partial charge < -0.3 is 15.7 Å². The summed E-state index contributed by atoms with van der Waals surface area (Å²) in [7, 11) is -3.95. The Morgan fingerprint density at radius 2 is 1.72 bits per heavy atom. The van der Waals surface area contributed by atoms with Gasteiger partial charge in [0.15, 0.2) is 0 Å². The first-order chi connectivity index (χ1) is 18.6. The molecule has 1 aromatic heterocycles. The normalized spacial score (nSPS) is 12.1. The molecule has 1 atom stereocenters. The van der Waals surface area contributed by atoms with E-state index in [2.05, 4.69) is 20.5 Å².